The van der Waals surface area contributed by atoms with E-state index < -0.39 is 12.1 Å². The lowest BCUT2D eigenvalue weighted by Gasteiger charge is -2.28. The summed E-state index contributed by atoms with van der Waals surface area (Å²) in [5.74, 6) is -2.76. The first-order valence-corrected chi connectivity index (χ1v) is 11.5. The number of amides is 2. The number of carboxylic acid groups (broad SMARTS) is 1. The zero-order chi connectivity index (χ0) is 26.1. The highest BCUT2D eigenvalue weighted by molar-refractivity contribution is 5.88. The molecule has 0 unspecified atom stereocenters. The summed E-state index contributed by atoms with van der Waals surface area (Å²) < 4.78 is 31.7. The molecule has 7 nitrogen and oxygen atoms in total. The van der Waals surface area contributed by atoms with E-state index in [9.17, 15) is 22.8 Å². The maximum Gasteiger partial charge on any atom is 0.490 e. The number of carboxylic acids is 1. The minimum atomic E-state index is -5.08. The molecule has 192 valence electrons. The lowest BCUT2D eigenvalue weighted by molar-refractivity contribution is -0.192. The molecule has 0 saturated carbocycles. The highest BCUT2D eigenvalue weighted by Crippen LogP contribution is 2.22. The van der Waals surface area contributed by atoms with Gasteiger partial charge in [-0.2, -0.15) is 13.2 Å². The van der Waals surface area contributed by atoms with Gasteiger partial charge in [-0.15, -0.1) is 0 Å². The Kier molecular flexibility index (Phi) is 9.24. The van der Waals surface area contributed by atoms with Crippen LogP contribution < -0.4 is 10.6 Å². The second-order valence-corrected chi connectivity index (χ2v) is 8.56. The SMILES string of the molecule is O=C(N[C@H](C=CC(=O)N1Cc2ccccc2C1)CCc1ccccc1)[C@@H]1CCN1.O=C(O)C(F)(F)F. The van der Waals surface area contributed by atoms with Gasteiger partial charge in [0, 0.05) is 25.2 Å². The number of aliphatic carboxylic acids is 1. The number of nitrogens with zero attached hydrogens (tertiary/aromatic N) is 1. The first kappa shape index (κ1) is 26.9. The van der Waals surface area contributed by atoms with Crippen LogP contribution >= 0.6 is 0 Å². The zero-order valence-electron chi connectivity index (χ0n) is 19.5. The van der Waals surface area contributed by atoms with Crippen molar-refractivity contribution in [2.75, 3.05) is 6.54 Å². The molecule has 3 N–H and O–H groups in total. The van der Waals surface area contributed by atoms with E-state index in [0.717, 1.165) is 25.8 Å². The predicted molar refractivity (Wildman–Crippen MR) is 127 cm³/mol. The molecule has 0 aliphatic carbocycles. The molecule has 0 bridgehead atoms. The maximum absolute atomic E-state index is 12.7. The van der Waals surface area contributed by atoms with Crippen molar-refractivity contribution in [3.8, 4) is 0 Å². The average Bonchev–Trinajstić information content (AvgIpc) is 3.24. The second-order valence-electron chi connectivity index (χ2n) is 8.56. The Balaban J connectivity index is 0.000000454. The molecular formula is C26H28F3N3O4. The van der Waals surface area contributed by atoms with Gasteiger partial charge in [-0.25, -0.2) is 4.79 Å². The average molecular weight is 504 g/mol. The second kappa shape index (κ2) is 12.3. The number of benzene rings is 2. The van der Waals surface area contributed by atoms with Gasteiger partial charge in [-0.3, -0.25) is 9.59 Å². The standard InChI is InChI=1S/C24H27N3O2.C2HF3O2/c28-23(27-16-19-8-4-5-9-20(19)17-27)13-12-21(26-24(29)22-14-15-25-22)11-10-18-6-2-1-3-7-18;3-2(4,5)1(6)7/h1-9,12-13,21-22,25H,10-11,14-17H2,(H,26,29);(H,6,7)/t21-,22-;/m0./s1. The first-order valence-electron chi connectivity index (χ1n) is 11.5. The van der Waals surface area contributed by atoms with E-state index in [1.165, 1.54) is 16.7 Å². The Hall–Kier alpha value is -3.66. The number of rotatable bonds is 7. The number of aryl methyl sites for hydroxylation is 1. The molecule has 0 spiro atoms. The van der Waals surface area contributed by atoms with Gasteiger partial charge in [0.15, 0.2) is 0 Å². The molecule has 4 rings (SSSR count). The van der Waals surface area contributed by atoms with Gasteiger partial charge in [0.2, 0.25) is 11.8 Å². The van der Waals surface area contributed by atoms with E-state index in [4.69, 9.17) is 9.90 Å². The van der Waals surface area contributed by atoms with Crippen molar-refractivity contribution in [2.45, 2.75) is 50.6 Å². The largest absolute Gasteiger partial charge is 0.490 e. The van der Waals surface area contributed by atoms with Crippen LogP contribution in [0, 0.1) is 0 Å². The van der Waals surface area contributed by atoms with Gasteiger partial charge in [0.05, 0.1) is 6.04 Å². The molecule has 2 aliphatic rings. The third kappa shape index (κ3) is 7.94. The number of fused-ring (bicyclic) bond motifs is 1. The number of halogens is 3. The Bertz CT molecular complexity index is 1060. The van der Waals surface area contributed by atoms with E-state index in [-0.39, 0.29) is 23.9 Å². The molecule has 1 saturated heterocycles. The summed E-state index contributed by atoms with van der Waals surface area (Å²) >= 11 is 0. The van der Waals surface area contributed by atoms with Crippen molar-refractivity contribution in [3.05, 3.63) is 83.4 Å². The van der Waals surface area contributed by atoms with Gasteiger partial charge in [0.25, 0.3) is 0 Å². The fourth-order valence-corrected chi connectivity index (χ4v) is 3.77. The third-order valence-electron chi connectivity index (χ3n) is 5.92. The number of carbonyl (C=O) groups excluding carboxylic acids is 2. The summed E-state index contributed by atoms with van der Waals surface area (Å²) in [5, 5.41) is 13.4. The molecule has 2 aliphatic heterocycles. The number of hydrogen-bond donors (Lipinski definition) is 3. The first-order chi connectivity index (χ1) is 17.1. The lowest BCUT2D eigenvalue weighted by Crippen LogP contribution is -2.54. The molecule has 0 aromatic heterocycles. The summed E-state index contributed by atoms with van der Waals surface area (Å²) in [6, 6.07) is 18.1. The van der Waals surface area contributed by atoms with Gasteiger partial charge in [-0.05, 0) is 42.5 Å². The number of hydrogen-bond acceptors (Lipinski definition) is 4. The van der Waals surface area contributed by atoms with Crippen LogP contribution in [-0.4, -0.2) is 52.6 Å². The van der Waals surface area contributed by atoms with E-state index in [0.29, 0.717) is 13.1 Å². The maximum atomic E-state index is 12.7. The monoisotopic (exact) mass is 503 g/mol. The van der Waals surface area contributed by atoms with Crippen molar-refractivity contribution in [1.29, 1.82) is 0 Å². The fraction of sp³-hybridized carbons (Fsp3) is 0.346. The smallest absolute Gasteiger partial charge is 0.475 e. The molecule has 2 aromatic carbocycles. The highest BCUT2D eigenvalue weighted by Gasteiger charge is 2.38. The van der Waals surface area contributed by atoms with Gasteiger partial charge < -0.3 is 20.6 Å². The van der Waals surface area contributed by atoms with E-state index in [1.54, 1.807) is 6.08 Å². The van der Waals surface area contributed by atoms with Crippen molar-refractivity contribution in [2.24, 2.45) is 0 Å². The van der Waals surface area contributed by atoms with Crippen LogP contribution in [0.3, 0.4) is 0 Å². The minimum Gasteiger partial charge on any atom is -0.475 e. The molecular weight excluding hydrogens is 475 g/mol. The molecule has 2 aromatic rings. The summed E-state index contributed by atoms with van der Waals surface area (Å²) in [5.41, 5.74) is 3.64. The summed E-state index contributed by atoms with van der Waals surface area (Å²) in [6.45, 7) is 2.18. The Morgan fingerprint density at radius 2 is 1.61 bits per heavy atom. The minimum absolute atomic E-state index is 0.0121. The molecule has 36 heavy (non-hydrogen) atoms. The summed E-state index contributed by atoms with van der Waals surface area (Å²) in [4.78, 5) is 35.8. The topological polar surface area (TPSA) is 98.7 Å². The Labute approximate surface area is 207 Å². The molecule has 2 heterocycles. The highest BCUT2D eigenvalue weighted by atomic mass is 19.4. The van der Waals surface area contributed by atoms with E-state index in [1.807, 2.05) is 41.3 Å². The molecule has 2 amide bonds. The van der Waals surface area contributed by atoms with Crippen molar-refractivity contribution < 1.29 is 32.7 Å². The molecule has 2 atom stereocenters. The quantitative estimate of drug-likeness (QED) is 0.504. The van der Waals surface area contributed by atoms with Crippen molar-refractivity contribution in [1.82, 2.24) is 15.5 Å². The van der Waals surface area contributed by atoms with Crippen LogP contribution in [0.4, 0.5) is 13.2 Å². The lowest BCUT2D eigenvalue weighted by atomic mass is 10.0. The van der Waals surface area contributed by atoms with Gasteiger partial charge in [-0.1, -0.05) is 60.7 Å². The fourth-order valence-electron chi connectivity index (χ4n) is 3.77. The molecule has 10 heteroatoms. The van der Waals surface area contributed by atoms with Crippen LogP contribution in [0.1, 0.15) is 29.5 Å². The number of carbonyl (C=O) groups is 3. The Morgan fingerprint density at radius 1 is 1.06 bits per heavy atom. The van der Waals surface area contributed by atoms with Gasteiger partial charge in [0.1, 0.15) is 0 Å². The zero-order valence-corrected chi connectivity index (χ0v) is 19.5. The predicted octanol–water partition coefficient (Wildman–Crippen LogP) is 3.20. The Morgan fingerprint density at radius 3 is 2.11 bits per heavy atom. The van der Waals surface area contributed by atoms with E-state index in [2.05, 4.69) is 34.9 Å². The van der Waals surface area contributed by atoms with Crippen molar-refractivity contribution in [3.63, 3.8) is 0 Å². The van der Waals surface area contributed by atoms with Crippen molar-refractivity contribution >= 4 is 17.8 Å². The third-order valence-corrected chi connectivity index (χ3v) is 5.92. The van der Waals surface area contributed by atoms with Gasteiger partial charge >= 0.3 is 12.1 Å². The van der Waals surface area contributed by atoms with Crippen LogP contribution in [0.15, 0.2) is 66.7 Å². The summed E-state index contributed by atoms with van der Waals surface area (Å²) in [6.07, 6.45) is 0.858. The molecule has 0 radical (unpaired) electrons. The summed E-state index contributed by atoms with van der Waals surface area (Å²) in [7, 11) is 0. The number of alkyl halides is 3. The molecule has 1 fully saturated rings. The van der Waals surface area contributed by atoms with Crippen LogP contribution in [0.2, 0.25) is 0 Å². The number of nitrogens with one attached hydrogen (secondary N) is 2. The van der Waals surface area contributed by atoms with E-state index >= 15 is 0 Å². The van der Waals surface area contributed by atoms with Crippen LogP contribution in [0.5, 0.6) is 0 Å². The van der Waals surface area contributed by atoms with Crippen LogP contribution in [0.25, 0.3) is 0 Å². The van der Waals surface area contributed by atoms with Crippen LogP contribution in [-0.2, 0) is 33.9 Å². The normalized spacial score (nSPS) is 17.4.